The highest BCUT2D eigenvalue weighted by atomic mass is 19.1. The second-order valence-corrected chi connectivity index (χ2v) is 6.64. The van der Waals surface area contributed by atoms with Crippen LogP contribution < -0.4 is 11.1 Å². The Bertz CT molecular complexity index is 534. The smallest absolute Gasteiger partial charge is 0.412 e. The first-order chi connectivity index (χ1) is 9.76. The predicted octanol–water partition coefficient (Wildman–Crippen LogP) is 3.55. The summed E-state index contributed by atoms with van der Waals surface area (Å²) >= 11 is 0. The van der Waals surface area contributed by atoms with Crippen LogP contribution in [0.2, 0.25) is 0 Å². The fourth-order valence-corrected chi connectivity index (χ4v) is 2.56. The van der Waals surface area contributed by atoms with E-state index in [-0.39, 0.29) is 11.2 Å². The van der Waals surface area contributed by atoms with E-state index in [4.69, 9.17) is 10.5 Å². The van der Waals surface area contributed by atoms with Crippen molar-refractivity contribution in [1.29, 1.82) is 0 Å². The van der Waals surface area contributed by atoms with E-state index in [0.29, 0.717) is 12.2 Å². The average Bonchev–Trinajstić information content (AvgIpc) is 3.10. The number of nitrogens with one attached hydrogen (secondary N) is 1. The molecule has 0 spiro atoms. The fourth-order valence-electron chi connectivity index (χ4n) is 2.56. The summed E-state index contributed by atoms with van der Waals surface area (Å²) in [5.74, 6) is -0.303. The molecule has 0 saturated heterocycles. The van der Waals surface area contributed by atoms with Crippen LogP contribution in [0.15, 0.2) is 18.2 Å². The first-order valence-electron chi connectivity index (χ1n) is 7.26. The van der Waals surface area contributed by atoms with Crippen LogP contribution in [-0.4, -0.2) is 18.2 Å². The minimum absolute atomic E-state index is 0.0960. The molecule has 0 aromatic heterocycles. The van der Waals surface area contributed by atoms with E-state index in [1.807, 2.05) is 0 Å². The second kappa shape index (κ2) is 5.64. The molecule has 0 bridgehead atoms. The van der Waals surface area contributed by atoms with Crippen molar-refractivity contribution in [2.75, 3.05) is 11.9 Å². The molecule has 1 fully saturated rings. The van der Waals surface area contributed by atoms with Gasteiger partial charge in [0.15, 0.2) is 0 Å². The summed E-state index contributed by atoms with van der Waals surface area (Å²) in [5.41, 5.74) is 6.42. The minimum Gasteiger partial charge on any atom is -0.444 e. The molecule has 1 aliphatic carbocycles. The Hall–Kier alpha value is -1.62. The van der Waals surface area contributed by atoms with Crippen molar-refractivity contribution in [3.63, 3.8) is 0 Å². The second-order valence-electron chi connectivity index (χ2n) is 6.64. The van der Waals surface area contributed by atoms with Gasteiger partial charge in [0.25, 0.3) is 0 Å². The van der Waals surface area contributed by atoms with Gasteiger partial charge in [-0.15, -0.1) is 0 Å². The Morgan fingerprint density at radius 2 is 2.10 bits per heavy atom. The Balaban J connectivity index is 2.22. The summed E-state index contributed by atoms with van der Waals surface area (Å²) in [7, 11) is 0. The highest BCUT2D eigenvalue weighted by Gasteiger charge is 2.45. The van der Waals surface area contributed by atoms with Crippen LogP contribution in [0.1, 0.15) is 45.6 Å². The van der Waals surface area contributed by atoms with Gasteiger partial charge in [-0.3, -0.25) is 5.32 Å². The van der Waals surface area contributed by atoms with Crippen LogP contribution >= 0.6 is 0 Å². The van der Waals surface area contributed by atoms with Crippen LogP contribution in [0.4, 0.5) is 14.9 Å². The van der Waals surface area contributed by atoms with Gasteiger partial charge in [0.2, 0.25) is 0 Å². The summed E-state index contributed by atoms with van der Waals surface area (Å²) < 4.78 is 18.8. The number of hydrogen-bond acceptors (Lipinski definition) is 3. The first kappa shape index (κ1) is 15.8. The number of halogens is 1. The van der Waals surface area contributed by atoms with Gasteiger partial charge in [-0.1, -0.05) is 0 Å². The molecule has 0 heterocycles. The molecule has 1 aromatic rings. The van der Waals surface area contributed by atoms with Crippen LogP contribution in [0, 0.1) is 5.82 Å². The summed E-state index contributed by atoms with van der Waals surface area (Å²) in [6, 6.07) is 4.43. The molecule has 0 atom stereocenters. The lowest BCUT2D eigenvalue weighted by Gasteiger charge is -2.22. The number of carbonyl (C=O) groups excluding carboxylic acids is 1. The number of anilines is 1. The average molecular weight is 294 g/mol. The van der Waals surface area contributed by atoms with Crippen molar-refractivity contribution in [2.24, 2.45) is 5.73 Å². The summed E-state index contributed by atoms with van der Waals surface area (Å²) in [5, 5.41) is 2.73. The third-order valence-corrected chi connectivity index (χ3v) is 3.67. The number of nitrogens with two attached hydrogens (primary N) is 1. The molecular formula is C16H23FN2O2. The highest BCUT2D eigenvalue weighted by Crippen LogP contribution is 2.53. The zero-order chi connectivity index (χ0) is 15.7. The lowest BCUT2D eigenvalue weighted by atomic mass is 9.91. The molecule has 1 aliphatic rings. The Morgan fingerprint density at radius 1 is 1.43 bits per heavy atom. The normalized spacial score (nSPS) is 16.4. The number of benzene rings is 1. The van der Waals surface area contributed by atoms with Gasteiger partial charge in [-0.2, -0.15) is 0 Å². The van der Waals surface area contributed by atoms with Crippen molar-refractivity contribution < 1.29 is 13.9 Å². The standard InChI is InChI=1S/C16H23FN2O2/c1-15(2,3)21-14(20)19-13-5-4-11(17)10-12(13)16(6-7-16)8-9-18/h4-5,10H,6-9,18H2,1-3H3,(H,19,20). The van der Waals surface area contributed by atoms with Crippen LogP contribution in [0.3, 0.4) is 0 Å². The van der Waals surface area contributed by atoms with E-state index in [2.05, 4.69) is 5.32 Å². The first-order valence-corrected chi connectivity index (χ1v) is 7.26. The molecule has 4 nitrogen and oxygen atoms in total. The Kier molecular flexibility index (Phi) is 4.23. The van der Waals surface area contributed by atoms with Gasteiger partial charge in [0.05, 0.1) is 0 Å². The number of carbonyl (C=O) groups is 1. The molecule has 3 N–H and O–H groups in total. The van der Waals surface area contributed by atoms with Crippen molar-refractivity contribution in [3.05, 3.63) is 29.6 Å². The quantitative estimate of drug-likeness (QED) is 0.892. The lowest BCUT2D eigenvalue weighted by molar-refractivity contribution is 0.0635. The molecule has 116 valence electrons. The van der Waals surface area contributed by atoms with Gasteiger partial charge in [0.1, 0.15) is 11.4 Å². The number of rotatable bonds is 4. The maximum absolute atomic E-state index is 13.6. The number of amides is 1. The molecule has 21 heavy (non-hydrogen) atoms. The van der Waals surface area contributed by atoms with Crippen molar-refractivity contribution in [3.8, 4) is 0 Å². The monoisotopic (exact) mass is 294 g/mol. The molecule has 2 rings (SSSR count). The van der Waals surface area contributed by atoms with Crippen LogP contribution in [0.5, 0.6) is 0 Å². The molecule has 0 radical (unpaired) electrons. The lowest BCUT2D eigenvalue weighted by Crippen LogP contribution is -2.28. The van der Waals surface area contributed by atoms with E-state index in [0.717, 1.165) is 24.8 Å². The van der Waals surface area contributed by atoms with Gasteiger partial charge in [0, 0.05) is 5.69 Å². The Morgan fingerprint density at radius 3 is 2.62 bits per heavy atom. The maximum atomic E-state index is 13.6. The van der Waals surface area contributed by atoms with E-state index in [1.54, 1.807) is 26.8 Å². The van der Waals surface area contributed by atoms with E-state index < -0.39 is 11.7 Å². The molecule has 1 aromatic carbocycles. The van der Waals surface area contributed by atoms with Crippen molar-refractivity contribution >= 4 is 11.8 Å². The molecule has 1 saturated carbocycles. The molecule has 0 aliphatic heterocycles. The highest BCUT2D eigenvalue weighted by molar-refractivity contribution is 5.86. The molecular weight excluding hydrogens is 271 g/mol. The summed E-state index contributed by atoms with van der Waals surface area (Å²) in [4.78, 5) is 11.9. The summed E-state index contributed by atoms with van der Waals surface area (Å²) in [6.07, 6.45) is 2.20. The van der Waals surface area contributed by atoms with E-state index in [9.17, 15) is 9.18 Å². The third-order valence-electron chi connectivity index (χ3n) is 3.67. The number of ether oxygens (including phenoxy) is 1. The van der Waals surface area contributed by atoms with Crippen LogP contribution in [-0.2, 0) is 10.2 Å². The predicted molar refractivity (Wildman–Crippen MR) is 80.8 cm³/mol. The van der Waals surface area contributed by atoms with Gasteiger partial charge < -0.3 is 10.5 Å². The maximum Gasteiger partial charge on any atom is 0.412 e. The SMILES string of the molecule is CC(C)(C)OC(=O)Nc1ccc(F)cc1C1(CCN)CC1. The largest absolute Gasteiger partial charge is 0.444 e. The fraction of sp³-hybridized carbons (Fsp3) is 0.562. The van der Waals surface area contributed by atoms with Gasteiger partial charge in [-0.25, -0.2) is 9.18 Å². The van der Waals surface area contributed by atoms with E-state index in [1.165, 1.54) is 12.1 Å². The Labute approximate surface area is 124 Å². The zero-order valence-electron chi connectivity index (χ0n) is 12.8. The summed E-state index contributed by atoms with van der Waals surface area (Å²) in [6.45, 7) is 5.95. The third kappa shape index (κ3) is 3.94. The van der Waals surface area contributed by atoms with Gasteiger partial charge in [-0.05, 0) is 75.8 Å². The molecule has 5 heteroatoms. The number of hydrogen-bond donors (Lipinski definition) is 2. The van der Waals surface area contributed by atoms with Crippen molar-refractivity contribution in [1.82, 2.24) is 0 Å². The van der Waals surface area contributed by atoms with Crippen molar-refractivity contribution in [2.45, 2.75) is 51.0 Å². The topological polar surface area (TPSA) is 64.3 Å². The zero-order valence-corrected chi connectivity index (χ0v) is 12.8. The molecule has 0 unspecified atom stereocenters. The minimum atomic E-state index is -0.571. The van der Waals surface area contributed by atoms with Crippen LogP contribution in [0.25, 0.3) is 0 Å². The van der Waals surface area contributed by atoms with E-state index >= 15 is 0 Å². The van der Waals surface area contributed by atoms with Gasteiger partial charge >= 0.3 is 6.09 Å². The molecule has 1 amide bonds.